The standard InChI is InChI=1S/C16H31NO/c1-2-3-12-17(13-7-8-15-18)14-11-16-9-5-4-6-10-16/h9,18H,2-8,10-15H2,1H3. The third kappa shape index (κ3) is 7.17. The first-order chi connectivity index (χ1) is 8.86. The van der Waals surface area contributed by atoms with Crippen molar-refractivity contribution in [2.24, 2.45) is 0 Å². The van der Waals surface area contributed by atoms with Crippen molar-refractivity contribution in [1.82, 2.24) is 4.90 Å². The lowest BCUT2D eigenvalue weighted by Gasteiger charge is -2.23. The number of hydrogen-bond acceptors (Lipinski definition) is 2. The largest absolute Gasteiger partial charge is 0.396 e. The molecular formula is C16H31NO. The van der Waals surface area contributed by atoms with Crippen LogP contribution in [0.15, 0.2) is 11.6 Å². The second-order valence-corrected chi connectivity index (χ2v) is 5.48. The zero-order valence-corrected chi connectivity index (χ0v) is 12.2. The molecule has 106 valence electrons. The number of aliphatic hydroxyl groups is 1. The smallest absolute Gasteiger partial charge is 0.0431 e. The topological polar surface area (TPSA) is 23.5 Å². The summed E-state index contributed by atoms with van der Waals surface area (Å²) in [5.41, 5.74) is 1.69. The van der Waals surface area contributed by atoms with E-state index in [0.717, 1.165) is 19.4 Å². The quantitative estimate of drug-likeness (QED) is 0.473. The van der Waals surface area contributed by atoms with E-state index in [2.05, 4.69) is 17.9 Å². The third-order valence-electron chi connectivity index (χ3n) is 3.84. The first-order valence-corrected chi connectivity index (χ1v) is 7.88. The summed E-state index contributed by atoms with van der Waals surface area (Å²) in [5, 5.41) is 8.86. The monoisotopic (exact) mass is 253 g/mol. The van der Waals surface area contributed by atoms with Crippen LogP contribution in [0.1, 0.15) is 64.7 Å². The molecule has 0 aliphatic heterocycles. The highest BCUT2D eigenvalue weighted by molar-refractivity contribution is 5.05. The molecule has 0 spiro atoms. The number of allylic oxidation sites excluding steroid dienone is 1. The molecule has 0 saturated heterocycles. The van der Waals surface area contributed by atoms with E-state index in [9.17, 15) is 0 Å². The van der Waals surface area contributed by atoms with Crippen LogP contribution in [0.25, 0.3) is 0 Å². The lowest BCUT2D eigenvalue weighted by molar-refractivity contribution is 0.240. The van der Waals surface area contributed by atoms with Crippen LogP contribution in [0.4, 0.5) is 0 Å². The van der Waals surface area contributed by atoms with E-state index in [-0.39, 0.29) is 0 Å². The molecule has 1 aliphatic rings. The van der Waals surface area contributed by atoms with Gasteiger partial charge in [0, 0.05) is 13.2 Å². The molecule has 0 fully saturated rings. The van der Waals surface area contributed by atoms with Gasteiger partial charge in [-0.15, -0.1) is 0 Å². The number of nitrogens with zero attached hydrogens (tertiary/aromatic N) is 1. The van der Waals surface area contributed by atoms with Crippen LogP contribution >= 0.6 is 0 Å². The third-order valence-corrected chi connectivity index (χ3v) is 3.84. The van der Waals surface area contributed by atoms with E-state index >= 15 is 0 Å². The van der Waals surface area contributed by atoms with Crippen molar-refractivity contribution in [3.63, 3.8) is 0 Å². The van der Waals surface area contributed by atoms with Crippen molar-refractivity contribution < 1.29 is 5.11 Å². The highest BCUT2D eigenvalue weighted by atomic mass is 16.2. The van der Waals surface area contributed by atoms with Crippen LogP contribution in [0, 0.1) is 0 Å². The molecule has 0 bridgehead atoms. The second kappa shape index (κ2) is 10.6. The Morgan fingerprint density at radius 3 is 2.61 bits per heavy atom. The van der Waals surface area contributed by atoms with Gasteiger partial charge in [0.15, 0.2) is 0 Å². The van der Waals surface area contributed by atoms with Crippen LogP contribution in [-0.2, 0) is 0 Å². The lowest BCUT2D eigenvalue weighted by atomic mass is 9.97. The predicted molar refractivity (Wildman–Crippen MR) is 78.8 cm³/mol. The van der Waals surface area contributed by atoms with Gasteiger partial charge in [-0.25, -0.2) is 0 Å². The lowest BCUT2D eigenvalue weighted by Crippen LogP contribution is -2.27. The number of rotatable bonds is 10. The molecule has 0 saturated carbocycles. The van der Waals surface area contributed by atoms with Crippen molar-refractivity contribution in [3.05, 3.63) is 11.6 Å². The Hall–Kier alpha value is -0.340. The average molecular weight is 253 g/mol. The van der Waals surface area contributed by atoms with Gasteiger partial charge in [-0.05, 0) is 64.5 Å². The maximum absolute atomic E-state index is 8.86. The predicted octanol–water partition coefficient (Wildman–Crippen LogP) is 3.75. The van der Waals surface area contributed by atoms with Crippen molar-refractivity contribution in [3.8, 4) is 0 Å². The molecule has 2 heteroatoms. The van der Waals surface area contributed by atoms with Crippen LogP contribution in [0.2, 0.25) is 0 Å². The average Bonchev–Trinajstić information content (AvgIpc) is 2.42. The van der Waals surface area contributed by atoms with Gasteiger partial charge in [0.05, 0.1) is 0 Å². The molecule has 0 unspecified atom stereocenters. The maximum atomic E-state index is 8.86. The summed E-state index contributed by atoms with van der Waals surface area (Å²) >= 11 is 0. The van der Waals surface area contributed by atoms with E-state index in [4.69, 9.17) is 5.11 Å². The molecule has 1 N–H and O–H groups in total. The van der Waals surface area contributed by atoms with Crippen LogP contribution in [0.5, 0.6) is 0 Å². The van der Waals surface area contributed by atoms with E-state index in [1.165, 1.54) is 58.0 Å². The summed E-state index contributed by atoms with van der Waals surface area (Å²) in [7, 11) is 0. The van der Waals surface area contributed by atoms with Gasteiger partial charge in [-0.3, -0.25) is 0 Å². The fourth-order valence-electron chi connectivity index (χ4n) is 2.60. The van der Waals surface area contributed by atoms with Gasteiger partial charge in [0.25, 0.3) is 0 Å². The van der Waals surface area contributed by atoms with Crippen LogP contribution in [-0.4, -0.2) is 36.2 Å². The summed E-state index contributed by atoms with van der Waals surface area (Å²) in [6.07, 6.45) is 13.8. The molecule has 0 heterocycles. The minimum absolute atomic E-state index is 0.340. The Labute approximate surface area is 113 Å². The molecule has 0 aromatic heterocycles. The van der Waals surface area contributed by atoms with Gasteiger partial charge in [0.1, 0.15) is 0 Å². The molecule has 0 amide bonds. The minimum atomic E-state index is 0.340. The summed E-state index contributed by atoms with van der Waals surface area (Å²) < 4.78 is 0. The van der Waals surface area contributed by atoms with E-state index in [1.807, 2.05) is 0 Å². The van der Waals surface area contributed by atoms with E-state index in [1.54, 1.807) is 5.57 Å². The molecule has 18 heavy (non-hydrogen) atoms. The first kappa shape index (κ1) is 15.7. The summed E-state index contributed by atoms with van der Waals surface area (Å²) in [6, 6.07) is 0. The van der Waals surface area contributed by atoms with Gasteiger partial charge in [-0.2, -0.15) is 0 Å². The Morgan fingerprint density at radius 1 is 1.11 bits per heavy atom. The normalized spacial score (nSPS) is 16.1. The SMILES string of the molecule is CCCCN(CCCCO)CCC1=CCCCC1. The number of unbranched alkanes of at least 4 members (excludes halogenated alkanes) is 2. The first-order valence-electron chi connectivity index (χ1n) is 7.88. The van der Waals surface area contributed by atoms with Crippen molar-refractivity contribution in [1.29, 1.82) is 0 Å². The zero-order chi connectivity index (χ0) is 13.1. The Kier molecular flexibility index (Phi) is 9.23. The molecule has 0 aromatic carbocycles. The molecule has 1 rings (SSSR count). The molecule has 0 aromatic rings. The Bertz CT molecular complexity index is 225. The highest BCUT2D eigenvalue weighted by Gasteiger charge is 2.08. The highest BCUT2D eigenvalue weighted by Crippen LogP contribution is 2.20. The minimum Gasteiger partial charge on any atom is -0.396 e. The van der Waals surface area contributed by atoms with Crippen molar-refractivity contribution >= 4 is 0 Å². The molecule has 0 radical (unpaired) electrons. The molecular weight excluding hydrogens is 222 g/mol. The number of aliphatic hydroxyl groups excluding tert-OH is 1. The van der Waals surface area contributed by atoms with E-state index < -0.39 is 0 Å². The fourth-order valence-corrected chi connectivity index (χ4v) is 2.60. The summed E-state index contributed by atoms with van der Waals surface area (Å²) in [4.78, 5) is 2.59. The van der Waals surface area contributed by atoms with Crippen LogP contribution < -0.4 is 0 Å². The molecule has 1 aliphatic carbocycles. The Morgan fingerprint density at radius 2 is 1.94 bits per heavy atom. The summed E-state index contributed by atoms with van der Waals surface area (Å²) in [6.45, 7) is 6.21. The zero-order valence-electron chi connectivity index (χ0n) is 12.2. The van der Waals surface area contributed by atoms with Gasteiger partial charge in [0.2, 0.25) is 0 Å². The molecule has 2 nitrogen and oxygen atoms in total. The second-order valence-electron chi connectivity index (χ2n) is 5.48. The van der Waals surface area contributed by atoms with Gasteiger partial charge < -0.3 is 10.0 Å². The molecule has 0 atom stereocenters. The van der Waals surface area contributed by atoms with Crippen LogP contribution in [0.3, 0.4) is 0 Å². The number of hydrogen-bond donors (Lipinski definition) is 1. The van der Waals surface area contributed by atoms with Crippen molar-refractivity contribution in [2.45, 2.75) is 64.7 Å². The van der Waals surface area contributed by atoms with Gasteiger partial charge >= 0.3 is 0 Å². The fraction of sp³-hybridized carbons (Fsp3) is 0.875. The maximum Gasteiger partial charge on any atom is 0.0431 e. The van der Waals surface area contributed by atoms with Crippen molar-refractivity contribution in [2.75, 3.05) is 26.2 Å². The van der Waals surface area contributed by atoms with E-state index in [0.29, 0.717) is 6.61 Å². The Balaban J connectivity index is 2.22. The van der Waals surface area contributed by atoms with Gasteiger partial charge in [-0.1, -0.05) is 25.0 Å². The summed E-state index contributed by atoms with van der Waals surface area (Å²) in [5.74, 6) is 0.